The Labute approximate surface area is 122 Å². The molecule has 0 saturated carbocycles. The van der Waals surface area contributed by atoms with Crippen molar-refractivity contribution in [3.63, 3.8) is 0 Å². The van der Waals surface area contributed by atoms with Gasteiger partial charge in [0.2, 0.25) is 11.8 Å². The van der Waals surface area contributed by atoms with Crippen molar-refractivity contribution in [1.29, 1.82) is 0 Å². The van der Waals surface area contributed by atoms with Crippen LogP contribution in [-0.4, -0.2) is 53.6 Å². The molecule has 0 aromatic carbocycles. The molecule has 0 bridgehead atoms. The van der Waals surface area contributed by atoms with E-state index in [1.807, 2.05) is 20.8 Å². The van der Waals surface area contributed by atoms with Gasteiger partial charge in [-0.3, -0.25) is 14.4 Å². The first-order chi connectivity index (χ1) is 9.51. The molecule has 5 N–H and O–H groups in total. The normalized spacial score (nSPS) is 12.0. The van der Waals surface area contributed by atoms with Crippen molar-refractivity contribution in [1.82, 2.24) is 21.3 Å². The molecule has 0 aliphatic rings. The SMILES string of the molecule is CC(NC(=O)NCC(=O)NCC(=O)O)C(=O)NC(C)(C)C. The maximum atomic E-state index is 11.7. The molecule has 9 heteroatoms. The fourth-order valence-corrected chi connectivity index (χ4v) is 1.19. The Morgan fingerprint density at radius 3 is 2.10 bits per heavy atom. The zero-order chi connectivity index (χ0) is 16.6. The summed E-state index contributed by atoms with van der Waals surface area (Å²) in [6.45, 7) is 6.03. The van der Waals surface area contributed by atoms with Gasteiger partial charge >= 0.3 is 12.0 Å². The summed E-state index contributed by atoms with van der Waals surface area (Å²) in [5.74, 6) is -2.17. The molecule has 0 spiro atoms. The van der Waals surface area contributed by atoms with E-state index in [4.69, 9.17) is 5.11 Å². The van der Waals surface area contributed by atoms with Crippen molar-refractivity contribution < 1.29 is 24.3 Å². The number of aliphatic carboxylic acids is 1. The number of hydrogen-bond donors (Lipinski definition) is 5. The van der Waals surface area contributed by atoms with Crippen LogP contribution in [0.3, 0.4) is 0 Å². The van der Waals surface area contributed by atoms with Gasteiger partial charge in [0.1, 0.15) is 12.6 Å². The van der Waals surface area contributed by atoms with E-state index in [1.54, 1.807) is 0 Å². The highest BCUT2D eigenvalue weighted by Gasteiger charge is 2.20. The highest BCUT2D eigenvalue weighted by molar-refractivity contribution is 5.89. The maximum Gasteiger partial charge on any atom is 0.322 e. The first-order valence-electron chi connectivity index (χ1n) is 6.36. The molecule has 0 saturated heterocycles. The summed E-state index contributed by atoms with van der Waals surface area (Å²) in [6.07, 6.45) is 0. The minimum Gasteiger partial charge on any atom is -0.480 e. The summed E-state index contributed by atoms with van der Waals surface area (Å²) in [4.78, 5) is 44.6. The predicted molar refractivity (Wildman–Crippen MR) is 74.5 cm³/mol. The van der Waals surface area contributed by atoms with Gasteiger partial charge in [-0.15, -0.1) is 0 Å². The van der Waals surface area contributed by atoms with Crippen LogP contribution >= 0.6 is 0 Å². The van der Waals surface area contributed by atoms with Crippen LogP contribution in [0.5, 0.6) is 0 Å². The Morgan fingerprint density at radius 2 is 1.62 bits per heavy atom. The Morgan fingerprint density at radius 1 is 1.05 bits per heavy atom. The van der Waals surface area contributed by atoms with Crippen LogP contribution < -0.4 is 21.3 Å². The molecule has 0 radical (unpaired) electrons. The maximum absolute atomic E-state index is 11.7. The molecule has 21 heavy (non-hydrogen) atoms. The number of rotatable bonds is 6. The summed E-state index contributed by atoms with van der Waals surface area (Å²) < 4.78 is 0. The van der Waals surface area contributed by atoms with Gasteiger partial charge in [0.25, 0.3) is 0 Å². The average molecular weight is 302 g/mol. The summed E-state index contributed by atoms with van der Waals surface area (Å²) in [5.41, 5.74) is -0.416. The van der Waals surface area contributed by atoms with Crippen LogP contribution in [0.15, 0.2) is 0 Å². The van der Waals surface area contributed by atoms with Gasteiger partial charge in [-0.2, -0.15) is 0 Å². The Balaban J connectivity index is 4.06. The van der Waals surface area contributed by atoms with Gasteiger partial charge in [-0.25, -0.2) is 4.79 Å². The molecular formula is C12H22N4O5. The van der Waals surface area contributed by atoms with Crippen molar-refractivity contribution in [2.24, 2.45) is 0 Å². The average Bonchev–Trinajstić information content (AvgIpc) is 2.31. The lowest BCUT2D eigenvalue weighted by atomic mass is 10.1. The molecule has 1 unspecified atom stereocenters. The molecule has 0 heterocycles. The second-order valence-corrected chi connectivity index (χ2v) is 5.46. The van der Waals surface area contributed by atoms with Crippen molar-refractivity contribution in [2.75, 3.05) is 13.1 Å². The van der Waals surface area contributed by atoms with E-state index in [-0.39, 0.29) is 12.5 Å². The summed E-state index contributed by atoms with van der Waals surface area (Å²) in [7, 11) is 0. The standard InChI is InChI=1S/C12H22N4O5/c1-7(10(20)16-12(2,3)4)15-11(21)14-5-8(17)13-6-9(18)19/h7H,5-6H2,1-4H3,(H,13,17)(H,16,20)(H,18,19)(H2,14,15,21). The zero-order valence-corrected chi connectivity index (χ0v) is 12.6. The van der Waals surface area contributed by atoms with E-state index in [1.165, 1.54) is 6.92 Å². The number of carbonyl (C=O) groups excluding carboxylic acids is 3. The van der Waals surface area contributed by atoms with Gasteiger partial charge in [0, 0.05) is 5.54 Å². The highest BCUT2D eigenvalue weighted by atomic mass is 16.4. The van der Waals surface area contributed by atoms with Gasteiger partial charge in [-0.1, -0.05) is 0 Å². The van der Waals surface area contributed by atoms with Crippen molar-refractivity contribution >= 4 is 23.8 Å². The van der Waals surface area contributed by atoms with Crippen LogP contribution in [0.25, 0.3) is 0 Å². The summed E-state index contributed by atoms with van der Waals surface area (Å²) in [6, 6.07) is -1.47. The molecule has 0 aliphatic heterocycles. The van der Waals surface area contributed by atoms with Crippen molar-refractivity contribution in [3.05, 3.63) is 0 Å². The van der Waals surface area contributed by atoms with E-state index in [2.05, 4.69) is 21.3 Å². The predicted octanol–water partition coefficient (Wildman–Crippen LogP) is -1.21. The number of hydrogen-bond acceptors (Lipinski definition) is 4. The third-order valence-corrected chi connectivity index (χ3v) is 2.09. The molecule has 4 amide bonds. The van der Waals surface area contributed by atoms with Crippen molar-refractivity contribution in [2.45, 2.75) is 39.3 Å². The molecule has 0 fully saturated rings. The number of amides is 4. The van der Waals surface area contributed by atoms with E-state index in [0.717, 1.165) is 0 Å². The monoisotopic (exact) mass is 302 g/mol. The van der Waals surface area contributed by atoms with E-state index in [9.17, 15) is 19.2 Å². The first kappa shape index (κ1) is 18.7. The summed E-state index contributed by atoms with van der Waals surface area (Å²) >= 11 is 0. The number of carboxylic acid groups (broad SMARTS) is 1. The van der Waals surface area contributed by atoms with Crippen LogP contribution in [0.2, 0.25) is 0 Å². The molecule has 0 aliphatic carbocycles. The lowest BCUT2D eigenvalue weighted by molar-refractivity contribution is -0.137. The second-order valence-electron chi connectivity index (χ2n) is 5.46. The Kier molecular flexibility index (Phi) is 7.18. The third-order valence-electron chi connectivity index (χ3n) is 2.09. The van der Waals surface area contributed by atoms with Crippen LogP contribution in [0.1, 0.15) is 27.7 Å². The van der Waals surface area contributed by atoms with Crippen LogP contribution in [0, 0.1) is 0 Å². The fourth-order valence-electron chi connectivity index (χ4n) is 1.19. The molecule has 9 nitrogen and oxygen atoms in total. The highest BCUT2D eigenvalue weighted by Crippen LogP contribution is 1.99. The molecule has 1 atom stereocenters. The minimum absolute atomic E-state index is 0.354. The smallest absolute Gasteiger partial charge is 0.322 e. The lowest BCUT2D eigenvalue weighted by Gasteiger charge is -2.23. The quantitative estimate of drug-likeness (QED) is 0.419. The molecule has 120 valence electrons. The largest absolute Gasteiger partial charge is 0.480 e. The van der Waals surface area contributed by atoms with Gasteiger partial charge in [-0.05, 0) is 27.7 Å². The van der Waals surface area contributed by atoms with E-state index < -0.39 is 36.0 Å². The number of carbonyl (C=O) groups is 4. The van der Waals surface area contributed by atoms with Crippen molar-refractivity contribution in [3.8, 4) is 0 Å². The van der Waals surface area contributed by atoms with Gasteiger partial charge in [0.05, 0.1) is 6.54 Å². The molecule has 0 aromatic heterocycles. The second kappa shape index (κ2) is 8.08. The Hall–Kier alpha value is -2.32. The van der Waals surface area contributed by atoms with Crippen LogP contribution in [-0.2, 0) is 14.4 Å². The van der Waals surface area contributed by atoms with Gasteiger partial charge in [0.15, 0.2) is 0 Å². The minimum atomic E-state index is -1.18. The zero-order valence-electron chi connectivity index (χ0n) is 12.6. The van der Waals surface area contributed by atoms with Gasteiger partial charge < -0.3 is 26.4 Å². The number of nitrogens with one attached hydrogen (secondary N) is 4. The molecule has 0 rings (SSSR count). The fraction of sp³-hybridized carbons (Fsp3) is 0.667. The third kappa shape index (κ3) is 10.2. The number of carboxylic acids is 1. The first-order valence-corrected chi connectivity index (χ1v) is 6.36. The molecule has 0 aromatic rings. The van der Waals surface area contributed by atoms with E-state index in [0.29, 0.717) is 0 Å². The molecular weight excluding hydrogens is 280 g/mol. The summed E-state index contributed by atoms with van der Waals surface area (Å²) in [5, 5.41) is 17.7. The number of urea groups is 1. The topological polar surface area (TPSA) is 137 Å². The Bertz CT molecular complexity index is 416. The lowest BCUT2D eigenvalue weighted by Crippen LogP contribution is -2.53. The van der Waals surface area contributed by atoms with Crippen LogP contribution in [0.4, 0.5) is 4.79 Å². The van der Waals surface area contributed by atoms with E-state index >= 15 is 0 Å².